The first-order valence-electron chi connectivity index (χ1n) is 16.8. The minimum Gasteiger partial charge on any atom is -0.324 e. The molecule has 51 heavy (non-hydrogen) atoms. The maximum Gasteiger partial charge on any atom is 0.272 e. The number of anilines is 4. The zero-order valence-electron chi connectivity index (χ0n) is 28.5. The van der Waals surface area contributed by atoms with E-state index in [2.05, 4.69) is 53.0 Å². The zero-order valence-corrected chi connectivity index (χ0v) is 28.5. The van der Waals surface area contributed by atoms with Crippen LogP contribution in [0.3, 0.4) is 0 Å². The van der Waals surface area contributed by atoms with Crippen LogP contribution in [0.1, 0.15) is 33.5 Å². The van der Waals surface area contributed by atoms with Crippen molar-refractivity contribution in [3.63, 3.8) is 0 Å². The fourth-order valence-corrected chi connectivity index (χ4v) is 5.86. The second-order valence-corrected chi connectivity index (χ2v) is 12.7. The molecule has 2 aliphatic rings. The number of aromatic nitrogens is 3. The average molecular weight is 679 g/mol. The predicted molar refractivity (Wildman–Crippen MR) is 201 cm³/mol. The summed E-state index contributed by atoms with van der Waals surface area (Å²) in [5.74, 6) is -0.0787. The Morgan fingerprint density at radius 3 is 2.35 bits per heavy atom. The number of aryl methyl sites for hydroxylation is 1. The van der Waals surface area contributed by atoms with Crippen LogP contribution in [0.25, 0.3) is 11.3 Å². The van der Waals surface area contributed by atoms with Crippen LogP contribution in [0, 0.1) is 6.92 Å². The number of hydrogen-bond acceptors (Lipinski definition) is 10. The van der Waals surface area contributed by atoms with E-state index in [-0.39, 0.29) is 18.2 Å². The van der Waals surface area contributed by atoms with Crippen molar-refractivity contribution >= 4 is 46.2 Å². The molecule has 0 bridgehead atoms. The van der Waals surface area contributed by atoms with Gasteiger partial charge in [0.05, 0.1) is 11.4 Å². The molecule has 5 aromatic rings. The highest BCUT2D eigenvalue weighted by molar-refractivity contribution is 6.47. The molecule has 1 fully saturated rings. The number of benzene rings is 3. The van der Waals surface area contributed by atoms with Crippen molar-refractivity contribution in [2.75, 3.05) is 49.2 Å². The first-order valence-corrected chi connectivity index (χ1v) is 16.8. The van der Waals surface area contributed by atoms with Gasteiger partial charge in [-0.25, -0.2) is 9.97 Å². The van der Waals surface area contributed by atoms with Gasteiger partial charge in [0.25, 0.3) is 11.8 Å². The molecule has 3 aromatic carbocycles. The summed E-state index contributed by atoms with van der Waals surface area (Å²) in [4.78, 5) is 44.2. The molecule has 2 amide bonds. The van der Waals surface area contributed by atoms with Crippen LogP contribution in [-0.4, -0.2) is 81.2 Å². The molecule has 0 spiro atoms. The molecule has 0 radical (unpaired) electrons. The Balaban J connectivity index is 0.980. The summed E-state index contributed by atoms with van der Waals surface area (Å²) in [7, 11) is 2.15. The SMILES string of the molecule is Cc1ccc(NC(=O)c2ccc(CN3CCN(C)CC3)cc2)cc1Nc1nccc(-c2cncc(C3=NN=C(C(=O)Nc4ccccc4)C3)c2)n1. The quantitative estimate of drug-likeness (QED) is 0.169. The van der Waals surface area contributed by atoms with E-state index in [0.29, 0.717) is 40.0 Å². The summed E-state index contributed by atoms with van der Waals surface area (Å²) < 4.78 is 0. The summed E-state index contributed by atoms with van der Waals surface area (Å²) in [5.41, 5.74) is 8.00. The monoisotopic (exact) mass is 678 g/mol. The molecule has 4 heterocycles. The van der Waals surface area contributed by atoms with Crippen LogP contribution < -0.4 is 16.0 Å². The third-order valence-electron chi connectivity index (χ3n) is 8.90. The summed E-state index contributed by atoms with van der Waals surface area (Å²) in [6.07, 6.45) is 5.38. The van der Waals surface area contributed by atoms with Crippen LogP contribution in [0.2, 0.25) is 0 Å². The number of carbonyl (C=O) groups is 2. The number of hydrogen-bond donors (Lipinski definition) is 3. The maximum absolute atomic E-state index is 13.1. The average Bonchev–Trinajstić information content (AvgIpc) is 3.66. The van der Waals surface area contributed by atoms with Crippen LogP contribution in [-0.2, 0) is 11.3 Å². The van der Waals surface area contributed by atoms with E-state index in [1.807, 2.05) is 85.8 Å². The van der Waals surface area contributed by atoms with E-state index in [4.69, 9.17) is 4.98 Å². The van der Waals surface area contributed by atoms with Gasteiger partial charge in [-0.05, 0) is 73.6 Å². The molecule has 1 saturated heterocycles. The Morgan fingerprint density at radius 1 is 0.784 bits per heavy atom. The van der Waals surface area contributed by atoms with E-state index >= 15 is 0 Å². The summed E-state index contributed by atoms with van der Waals surface area (Å²) in [5, 5.41) is 17.6. The van der Waals surface area contributed by atoms with Crippen LogP contribution in [0.4, 0.5) is 23.0 Å². The molecule has 0 saturated carbocycles. The number of rotatable bonds is 10. The number of pyridine rings is 1. The van der Waals surface area contributed by atoms with Gasteiger partial charge in [-0.1, -0.05) is 36.4 Å². The molecule has 7 rings (SSSR count). The molecule has 0 aliphatic carbocycles. The largest absolute Gasteiger partial charge is 0.324 e. The zero-order chi connectivity index (χ0) is 35.2. The first kappa shape index (κ1) is 33.4. The lowest BCUT2D eigenvalue weighted by molar-refractivity contribution is -0.110. The molecular formula is C39H38N10O2. The van der Waals surface area contributed by atoms with Crippen LogP contribution >= 0.6 is 0 Å². The lowest BCUT2D eigenvalue weighted by atomic mass is 10.0. The van der Waals surface area contributed by atoms with Gasteiger partial charge in [0.2, 0.25) is 5.95 Å². The number of likely N-dealkylation sites (N-methyl/N-ethyl adjacent to an activating group) is 1. The highest BCUT2D eigenvalue weighted by Gasteiger charge is 2.22. The number of para-hydroxylation sites is 1. The van der Waals surface area contributed by atoms with Gasteiger partial charge < -0.3 is 20.9 Å². The Bertz CT molecular complexity index is 2110. The number of piperazine rings is 1. The minimum atomic E-state index is -0.291. The van der Waals surface area contributed by atoms with Gasteiger partial charge in [-0.2, -0.15) is 5.10 Å². The minimum absolute atomic E-state index is 0.178. The van der Waals surface area contributed by atoms with E-state index in [9.17, 15) is 9.59 Å². The van der Waals surface area contributed by atoms with Crippen molar-refractivity contribution in [3.8, 4) is 11.3 Å². The Morgan fingerprint density at radius 2 is 1.55 bits per heavy atom. The first-order chi connectivity index (χ1) is 24.9. The normalized spacial score (nSPS) is 14.8. The van der Waals surface area contributed by atoms with Crippen molar-refractivity contribution in [1.82, 2.24) is 24.8 Å². The van der Waals surface area contributed by atoms with Crippen molar-refractivity contribution in [3.05, 3.63) is 126 Å². The number of amides is 2. The predicted octanol–water partition coefficient (Wildman–Crippen LogP) is 5.78. The second kappa shape index (κ2) is 15.2. The standard InChI is InChI=1S/C39H38N10O2/c1-26-8-13-32(43-37(50)28-11-9-27(10-12-28)25-49-18-16-48(2)17-19-49)21-34(26)45-39-41-15-14-33(44-39)29-20-30(24-40-23-29)35-22-36(47-46-35)38(51)42-31-6-4-3-5-7-31/h3-15,20-21,23-24H,16-19,22,25H2,1-2H3,(H,42,51)(H,43,50)(H,41,44,45). The van der Waals surface area contributed by atoms with Gasteiger partial charge in [0.1, 0.15) is 5.71 Å². The van der Waals surface area contributed by atoms with Crippen molar-refractivity contribution in [2.24, 2.45) is 10.2 Å². The topological polar surface area (TPSA) is 140 Å². The van der Waals surface area contributed by atoms with E-state index in [1.165, 1.54) is 5.56 Å². The number of carbonyl (C=O) groups excluding carboxylic acids is 2. The van der Waals surface area contributed by atoms with E-state index < -0.39 is 0 Å². The molecule has 3 N–H and O–H groups in total. The lowest BCUT2D eigenvalue weighted by Crippen LogP contribution is -2.43. The summed E-state index contributed by atoms with van der Waals surface area (Å²) in [6, 6.07) is 26.5. The van der Waals surface area contributed by atoms with Crippen LogP contribution in [0.5, 0.6) is 0 Å². The van der Waals surface area contributed by atoms with Gasteiger partial charge in [0.15, 0.2) is 0 Å². The molecule has 0 atom stereocenters. The highest BCUT2D eigenvalue weighted by atomic mass is 16.2. The lowest BCUT2D eigenvalue weighted by Gasteiger charge is -2.32. The third kappa shape index (κ3) is 8.38. The molecular weight excluding hydrogens is 640 g/mol. The van der Waals surface area contributed by atoms with Gasteiger partial charge >= 0.3 is 0 Å². The van der Waals surface area contributed by atoms with Gasteiger partial charge in [-0.3, -0.25) is 19.5 Å². The van der Waals surface area contributed by atoms with E-state index in [0.717, 1.165) is 55.1 Å². The number of nitrogens with zero attached hydrogens (tertiary/aromatic N) is 7. The van der Waals surface area contributed by atoms with Crippen LogP contribution in [0.15, 0.2) is 114 Å². The van der Waals surface area contributed by atoms with E-state index in [1.54, 1.807) is 24.7 Å². The fourth-order valence-electron chi connectivity index (χ4n) is 5.86. The van der Waals surface area contributed by atoms with Crippen molar-refractivity contribution in [1.29, 1.82) is 0 Å². The highest BCUT2D eigenvalue weighted by Crippen LogP contribution is 2.26. The third-order valence-corrected chi connectivity index (χ3v) is 8.90. The van der Waals surface area contributed by atoms with Crippen molar-refractivity contribution in [2.45, 2.75) is 19.9 Å². The second-order valence-electron chi connectivity index (χ2n) is 12.7. The van der Waals surface area contributed by atoms with Gasteiger partial charge in [0, 0.05) is 91.5 Å². The Kier molecular flexibility index (Phi) is 9.95. The smallest absolute Gasteiger partial charge is 0.272 e. The Hall–Kier alpha value is -6.11. The molecule has 12 heteroatoms. The molecule has 2 aromatic heterocycles. The molecule has 2 aliphatic heterocycles. The summed E-state index contributed by atoms with van der Waals surface area (Å²) >= 11 is 0. The molecule has 256 valence electrons. The Labute approximate surface area is 296 Å². The van der Waals surface area contributed by atoms with Crippen molar-refractivity contribution < 1.29 is 9.59 Å². The molecule has 0 unspecified atom stereocenters. The molecule has 12 nitrogen and oxygen atoms in total. The summed E-state index contributed by atoms with van der Waals surface area (Å²) in [6.45, 7) is 7.10. The maximum atomic E-state index is 13.1. The fraction of sp³-hybridized carbons (Fsp3) is 0.205. The van der Waals surface area contributed by atoms with Gasteiger partial charge in [-0.15, -0.1) is 5.10 Å². The number of nitrogens with one attached hydrogen (secondary N) is 3.